The zero-order valence-corrected chi connectivity index (χ0v) is 19.1. The van der Waals surface area contributed by atoms with Crippen LogP contribution in [0.2, 0.25) is 5.02 Å². The fourth-order valence-electron chi connectivity index (χ4n) is 3.38. The third kappa shape index (κ3) is 5.20. The maximum atomic E-state index is 13.1. The van der Waals surface area contributed by atoms with Crippen molar-refractivity contribution in [2.24, 2.45) is 0 Å². The van der Waals surface area contributed by atoms with E-state index in [2.05, 4.69) is 5.32 Å². The number of halogens is 1. The predicted molar refractivity (Wildman–Crippen MR) is 129 cm³/mol. The summed E-state index contributed by atoms with van der Waals surface area (Å²) in [5.41, 5.74) is 1.93. The van der Waals surface area contributed by atoms with Gasteiger partial charge in [-0.15, -0.1) is 0 Å². The number of hydrogen-bond acceptors (Lipinski definition) is 6. The predicted octanol–water partition coefficient (Wildman–Crippen LogP) is 4.80. The SMILES string of the molecule is Cc1ccc(COc2ccc(Cl)cc2/C=C2\C(=O)NC(=O)N(c3ccc([N+](=O)[O-])cc3)C2=O)cc1. The number of nitrogens with zero attached hydrogens (tertiary/aromatic N) is 2. The Bertz CT molecular complexity index is 1370. The van der Waals surface area contributed by atoms with Crippen LogP contribution in [0.3, 0.4) is 0 Å². The maximum Gasteiger partial charge on any atom is 0.335 e. The summed E-state index contributed by atoms with van der Waals surface area (Å²) in [5, 5.41) is 13.4. The highest BCUT2D eigenvalue weighted by Gasteiger charge is 2.37. The molecule has 9 nitrogen and oxygen atoms in total. The number of aryl methyl sites for hydroxylation is 1. The molecule has 0 radical (unpaired) electrons. The molecule has 1 fully saturated rings. The van der Waals surface area contributed by atoms with Gasteiger partial charge >= 0.3 is 6.03 Å². The number of barbiturate groups is 1. The zero-order valence-electron chi connectivity index (χ0n) is 18.4. The van der Waals surface area contributed by atoms with Gasteiger partial charge in [0, 0.05) is 22.7 Å². The van der Waals surface area contributed by atoms with E-state index in [9.17, 15) is 24.5 Å². The molecule has 0 spiro atoms. The lowest BCUT2D eigenvalue weighted by Gasteiger charge is -2.26. The Morgan fingerprint density at radius 2 is 1.71 bits per heavy atom. The summed E-state index contributed by atoms with van der Waals surface area (Å²) in [6.45, 7) is 2.22. The van der Waals surface area contributed by atoms with E-state index in [1.165, 1.54) is 24.3 Å². The Morgan fingerprint density at radius 1 is 1.03 bits per heavy atom. The summed E-state index contributed by atoms with van der Waals surface area (Å²) in [5.74, 6) is -1.40. The number of imide groups is 2. The van der Waals surface area contributed by atoms with Gasteiger partial charge < -0.3 is 4.74 Å². The van der Waals surface area contributed by atoms with E-state index in [0.717, 1.165) is 28.2 Å². The summed E-state index contributed by atoms with van der Waals surface area (Å²) >= 11 is 6.14. The lowest BCUT2D eigenvalue weighted by Crippen LogP contribution is -2.54. The molecule has 0 unspecified atom stereocenters. The number of non-ortho nitro benzene ring substituents is 1. The summed E-state index contributed by atoms with van der Waals surface area (Å²) in [7, 11) is 0. The van der Waals surface area contributed by atoms with Crippen LogP contribution in [0.5, 0.6) is 5.75 Å². The fourth-order valence-corrected chi connectivity index (χ4v) is 3.56. The quantitative estimate of drug-likeness (QED) is 0.229. The molecule has 0 aliphatic carbocycles. The van der Waals surface area contributed by atoms with Crippen LogP contribution in [0.15, 0.2) is 72.3 Å². The lowest BCUT2D eigenvalue weighted by molar-refractivity contribution is -0.384. The van der Waals surface area contributed by atoms with Gasteiger partial charge in [-0.05, 0) is 48.9 Å². The molecule has 1 aliphatic rings. The number of carbonyl (C=O) groups excluding carboxylic acids is 3. The number of amides is 4. The molecule has 1 aliphatic heterocycles. The van der Waals surface area contributed by atoms with Crippen molar-refractivity contribution in [1.29, 1.82) is 0 Å². The van der Waals surface area contributed by atoms with Crippen molar-refractivity contribution in [3.8, 4) is 5.75 Å². The van der Waals surface area contributed by atoms with Gasteiger partial charge in [-0.1, -0.05) is 41.4 Å². The number of nitro groups is 1. The van der Waals surface area contributed by atoms with Gasteiger partial charge in [0.25, 0.3) is 17.5 Å². The molecule has 0 bridgehead atoms. The molecule has 1 heterocycles. The van der Waals surface area contributed by atoms with E-state index < -0.39 is 22.8 Å². The molecule has 1 N–H and O–H groups in total. The normalized spacial score (nSPS) is 14.7. The summed E-state index contributed by atoms with van der Waals surface area (Å²) < 4.78 is 5.91. The Morgan fingerprint density at radius 3 is 2.37 bits per heavy atom. The molecule has 4 amide bonds. The van der Waals surface area contributed by atoms with Crippen LogP contribution in [-0.2, 0) is 16.2 Å². The zero-order chi connectivity index (χ0) is 25.1. The van der Waals surface area contributed by atoms with E-state index in [4.69, 9.17) is 16.3 Å². The number of rotatable bonds is 6. The number of urea groups is 1. The Labute approximate surface area is 204 Å². The number of anilines is 1. The minimum atomic E-state index is -0.965. The van der Waals surface area contributed by atoms with Crippen LogP contribution in [0.1, 0.15) is 16.7 Å². The Kier molecular flexibility index (Phi) is 6.61. The van der Waals surface area contributed by atoms with Crippen molar-refractivity contribution in [3.63, 3.8) is 0 Å². The van der Waals surface area contributed by atoms with Crippen LogP contribution in [0.25, 0.3) is 6.08 Å². The fraction of sp³-hybridized carbons (Fsp3) is 0.0800. The highest BCUT2D eigenvalue weighted by atomic mass is 35.5. The third-order valence-corrected chi connectivity index (χ3v) is 5.44. The lowest BCUT2D eigenvalue weighted by atomic mass is 10.1. The first-order chi connectivity index (χ1) is 16.7. The summed E-state index contributed by atoms with van der Waals surface area (Å²) in [4.78, 5) is 49.1. The molecule has 35 heavy (non-hydrogen) atoms. The maximum absolute atomic E-state index is 13.1. The first-order valence-electron chi connectivity index (χ1n) is 10.4. The van der Waals surface area contributed by atoms with Crippen LogP contribution in [0, 0.1) is 17.0 Å². The Balaban J connectivity index is 1.65. The second kappa shape index (κ2) is 9.78. The van der Waals surface area contributed by atoms with Gasteiger partial charge in [0.1, 0.15) is 17.9 Å². The van der Waals surface area contributed by atoms with Crippen molar-refractivity contribution in [1.82, 2.24) is 5.32 Å². The molecular weight excluding hydrogens is 474 g/mol. The van der Waals surface area contributed by atoms with Gasteiger partial charge in [-0.3, -0.25) is 25.0 Å². The molecule has 3 aromatic rings. The smallest absolute Gasteiger partial charge is 0.335 e. The van der Waals surface area contributed by atoms with Gasteiger partial charge in [0.2, 0.25) is 0 Å². The molecule has 0 aromatic heterocycles. The molecule has 0 saturated carbocycles. The average Bonchev–Trinajstić information content (AvgIpc) is 2.82. The minimum Gasteiger partial charge on any atom is -0.488 e. The number of carbonyl (C=O) groups is 3. The Hall–Kier alpha value is -4.50. The van der Waals surface area contributed by atoms with Crippen LogP contribution in [0.4, 0.5) is 16.2 Å². The van der Waals surface area contributed by atoms with E-state index >= 15 is 0 Å². The highest BCUT2D eigenvalue weighted by Crippen LogP contribution is 2.29. The van der Waals surface area contributed by atoms with Gasteiger partial charge in [0.05, 0.1) is 10.6 Å². The minimum absolute atomic E-state index is 0.0680. The van der Waals surface area contributed by atoms with Crippen LogP contribution in [-0.4, -0.2) is 22.8 Å². The van der Waals surface area contributed by atoms with Crippen molar-refractivity contribution >= 4 is 46.9 Å². The first-order valence-corrected chi connectivity index (χ1v) is 10.7. The largest absolute Gasteiger partial charge is 0.488 e. The third-order valence-electron chi connectivity index (χ3n) is 5.21. The monoisotopic (exact) mass is 491 g/mol. The molecular formula is C25H18ClN3O6. The van der Waals surface area contributed by atoms with Gasteiger partial charge in [-0.25, -0.2) is 9.69 Å². The highest BCUT2D eigenvalue weighted by molar-refractivity contribution is 6.39. The van der Waals surface area contributed by atoms with E-state index in [1.807, 2.05) is 31.2 Å². The number of ether oxygens (including phenoxy) is 1. The van der Waals surface area contributed by atoms with Crippen molar-refractivity contribution < 1.29 is 24.0 Å². The van der Waals surface area contributed by atoms with Gasteiger partial charge in [0.15, 0.2) is 0 Å². The average molecular weight is 492 g/mol. The standard InChI is InChI=1S/C25H18ClN3O6/c1-15-2-4-16(5-3-15)14-35-22-11-6-18(26)12-17(22)13-21-23(30)27-25(32)28(24(21)31)19-7-9-20(10-8-19)29(33)34/h2-13H,14H2,1H3,(H,27,30,32)/b21-13+. The van der Waals surface area contributed by atoms with Gasteiger partial charge in [-0.2, -0.15) is 0 Å². The number of nitro benzene ring substituents is 1. The second-order valence-corrected chi connectivity index (χ2v) is 8.12. The topological polar surface area (TPSA) is 119 Å². The van der Waals surface area contributed by atoms with Crippen molar-refractivity contribution in [3.05, 3.63) is 104 Å². The molecule has 3 aromatic carbocycles. The number of benzene rings is 3. The molecule has 1 saturated heterocycles. The van der Waals surface area contributed by atoms with E-state index in [-0.39, 0.29) is 23.6 Å². The van der Waals surface area contributed by atoms with E-state index in [1.54, 1.807) is 12.1 Å². The molecule has 176 valence electrons. The number of nitrogens with one attached hydrogen (secondary N) is 1. The summed E-state index contributed by atoms with van der Waals surface area (Å²) in [6, 6.07) is 16.4. The second-order valence-electron chi connectivity index (χ2n) is 7.69. The molecule has 4 rings (SSSR count). The van der Waals surface area contributed by atoms with Crippen molar-refractivity contribution in [2.45, 2.75) is 13.5 Å². The number of hydrogen-bond donors (Lipinski definition) is 1. The van der Waals surface area contributed by atoms with Crippen molar-refractivity contribution in [2.75, 3.05) is 4.90 Å². The van der Waals surface area contributed by atoms with Crippen LogP contribution < -0.4 is 15.0 Å². The molecule has 10 heteroatoms. The van der Waals surface area contributed by atoms with Crippen LogP contribution >= 0.6 is 11.6 Å². The van der Waals surface area contributed by atoms with E-state index in [0.29, 0.717) is 16.3 Å². The molecule has 0 atom stereocenters. The first kappa shape index (κ1) is 23.7. The summed E-state index contributed by atoms with van der Waals surface area (Å²) in [6.07, 6.45) is 1.29.